The van der Waals surface area contributed by atoms with Gasteiger partial charge in [-0.2, -0.15) is 8.75 Å². The molecule has 3 aromatic rings. The zero-order valence-corrected chi connectivity index (χ0v) is 14.3. The maximum Gasteiger partial charge on any atom is 0.105 e. The van der Waals surface area contributed by atoms with E-state index >= 15 is 0 Å². The van der Waals surface area contributed by atoms with E-state index in [-0.39, 0.29) is 0 Å². The Kier molecular flexibility index (Phi) is 4.78. The van der Waals surface area contributed by atoms with E-state index in [0.29, 0.717) is 12.7 Å². The second-order valence-corrected chi connectivity index (χ2v) is 6.79. The van der Waals surface area contributed by atoms with Crippen LogP contribution >= 0.6 is 11.7 Å². The number of fused-ring (bicyclic) bond motifs is 1. The fourth-order valence-electron chi connectivity index (χ4n) is 3.17. The molecule has 4 rings (SSSR count). The molecule has 1 fully saturated rings. The Morgan fingerprint density at radius 1 is 1.17 bits per heavy atom. The minimum absolute atomic E-state index is 0.295. The van der Waals surface area contributed by atoms with Crippen LogP contribution in [0.15, 0.2) is 42.7 Å². The van der Waals surface area contributed by atoms with E-state index in [2.05, 4.69) is 42.9 Å². The Hall–Kier alpha value is -1.89. The molecule has 6 heteroatoms. The van der Waals surface area contributed by atoms with Crippen molar-refractivity contribution < 1.29 is 4.74 Å². The molecule has 2 aromatic heterocycles. The van der Waals surface area contributed by atoms with Gasteiger partial charge in [-0.3, -0.25) is 9.88 Å². The molecular weight excluding hydrogens is 320 g/mol. The first-order valence-corrected chi connectivity index (χ1v) is 9.04. The molecule has 0 amide bonds. The van der Waals surface area contributed by atoms with Crippen molar-refractivity contribution in [3.63, 3.8) is 0 Å². The van der Waals surface area contributed by atoms with E-state index in [1.54, 1.807) is 6.20 Å². The molecule has 0 N–H and O–H groups in total. The van der Waals surface area contributed by atoms with Gasteiger partial charge in [0.25, 0.3) is 0 Å². The molecule has 1 atom stereocenters. The summed E-state index contributed by atoms with van der Waals surface area (Å²) in [5.74, 6) is 0. The highest BCUT2D eigenvalue weighted by atomic mass is 32.1. The topological polar surface area (TPSA) is 51.1 Å². The average molecular weight is 340 g/mol. The predicted octanol–water partition coefficient (Wildman–Crippen LogP) is 3.27. The molecule has 1 aliphatic rings. The van der Waals surface area contributed by atoms with Crippen LogP contribution in [0, 0.1) is 0 Å². The third-order valence-corrected chi connectivity index (χ3v) is 4.95. The molecule has 1 saturated heterocycles. The highest BCUT2D eigenvalue weighted by Gasteiger charge is 2.20. The molecule has 3 heterocycles. The van der Waals surface area contributed by atoms with Gasteiger partial charge in [0.05, 0.1) is 24.4 Å². The molecule has 24 heavy (non-hydrogen) atoms. The molecular formula is C18H20N4OS. The molecule has 1 aliphatic heterocycles. The second kappa shape index (κ2) is 7.34. The number of nitrogens with zero attached hydrogens (tertiary/aromatic N) is 4. The summed E-state index contributed by atoms with van der Waals surface area (Å²) in [6, 6.07) is 10.4. The highest BCUT2D eigenvalue weighted by Crippen LogP contribution is 2.19. The molecule has 0 radical (unpaired) electrons. The Morgan fingerprint density at radius 2 is 2.12 bits per heavy atom. The van der Waals surface area contributed by atoms with Crippen LogP contribution in [-0.2, 0) is 17.9 Å². The largest absolute Gasteiger partial charge is 0.372 e. The minimum atomic E-state index is 0.295. The van der Waals surface area contributed by atoms with Crippen LogP contribution in [0.5, 0.6) is 0 Å². The standard InChI is InChI=1S/C18H20N4OS/c1-3-15(10-19-7-1)13-23-16-4-2-8-22(12-16)11-14-5-6-17-18(9-14)21-24-20-17/h1,3,5-7,9-10,16H,2,4,8,11-13H2/t16-/m0/s1. The van der Waals surface area contributed by atoms with Crippen LogP contribution in [0.2, 0.25) is 0 Å². The van der Waals surface area contributed by atoms with Gasteiger partial charge in [0.2, 0.25) is 0 Å². The van der Waals surface area contributed by atoms with E-state index in [9.17, 15) is 0 Å². The van der Waals surface area contributed by atoms with Gasteiger partial charge < -0.3 is 4.74 Å². The number of rotatable bonds is 5. The molecule has 0 saturated carbocycles. The lowest BCUT2D eigenvalue weighted by Crippen LogP contribution is -2.39. The Labute approximate surface area is 145 Å². The van der Waals surface area contributed by atoms with Gasteiger partial charge in [-0.25, -0.2) is 0 Å². The summed E-state index contributed by atoms with van der Waals surface area (Å²) in [5, 5.41) is 0. The average Bonchev–Trinajstić information content (AvgIpc) is 3.09. The van der Waals surface area contributed by atoms with E-state index < -0.39 is 0 Å². The van der Waals surface area contributed by atoms with Crippen LogP contribution in [0.4, 0.5) is 0 Å². The first-order chi connectivity index (χ1) is 11.9. The quantitative estimate of drug-likeness (QED) is 0.713. The van der Waals surface area contributed by atoms with Crippen LogP contribution in [0.1, 0.15) is 24.0 Å². The maximum absolute atomic E-state index is 6.09. The lowest BCUT2D eigenvalue weighted by molar-refractivity contribution is -0.0121. The van der Waals surface area contributed by atoms with Gasteiger partial charge in [-0.15, -0.1) is 0 Å². The summed E-state index contributed by atoms with van der Waals surface area (Å²) in [5.41, 5.74) is 4.41. The summed E-state index contributed by atoms with van der Waals surface area (Å²) >= 11 is 1.27. The first-order valence-electron chi connectivity index (χ1n) is 8.31. The molecule has 124 valence electrons. The minimum Gasteiger partial charge on any atom is -0.372 e. The van der Waals surface area contributed by atoms with Crippen LogP contribution in [0.25, 0.3) is 11.0 Å². The van der Waals surface area contributed by atoms with Crippen molar-refractivity contribution >= 4 is 22.8 Å². The normalized spacial score (nSPS) is 18.9. The maximum atomic E-state index is 6.09. The van der Waals surface area contributed by atoms with Crippen LogP contribution in [0.3, 0.4) is 0 Å². The Bertz CT molecular complexity index is 792. The molecule has 5 nitrogen and oxygen atoms in total. The Morgan fingerprint density at radius 3 is 3.04 bits per heavy atom. The molecule has 1 aromatic carbocycles. The van der Waals surface area contributed by atoms with Gasteiger partial charge in [-0.05, 0) is 48.7 Å². The van der Waals surface area contributed by atoms with Crippen molar-refractivity contribution in [3.8, 4) is 0 Å². The summed E-state index contributed by atoms with van der Waals surface area (Å²) in [4.78, 5) is 6.61. The van der Waals surface area contributed by atoms with Crippen molar-refractivity contribution in [2.75, 3.05) is 13.1 Å². The number of piperidine rings is 1. The van der Waals surface area contributed by atoms with Crippen LogP contribution in [-0.4, -0.2) is 37.8 Å². The Balaban J connectivity index is 1.34. The number of aromatic nitrogens is 3. The molecule has 0 bridgehead atoms. The lowest BCUT2D eigenvalue weighted by atomic mass is 10.1. The van der Waals surface area contributed by atoms with Gasteiger partial charge >= 0.3 is 0 Å². The van der Waals surface area contributed by atoms with Crippen LogP contribution < -0.4 is 0 Å². The number of benzene rings is 1. The molecule has 0 spiro atoms. The lowest BCUT2D eigenvalue weighted by Gasteiger charge is -2.32. The van der Waals surface area contributed by atoms with Crippen molar-refractivity contribution in [1.29, 1.82) is 0 Å². The number of ether oxygens (including phenoxy) is 1. The number of hydrogen-bond donors (Lipinski definition) is 0. The number of hydrogen-bond acceptors (Lipinski definition) is 6. The predicted molar refractivity (Wildman–Crippen MR) is 94.7 cm³/mol. The van der Waals surface area contributed by atoms with E-state index in [4.69, 9.17) is 4.74 Å². The van der Waals surface area contributed by atoms with Crippen molar-refractivity contribution in [2.45, 2.75) is 32.1 Å². The third kappa shape index (κ3) is 3.77. The monoisotopic (exact) mass is 340 g/mol. The SMILES string of the molecule is c1cncc(CO[C@H]2CCCN(Cc3ccc4nsnc4c3)C2)c1. The van der Waals surface area contributed by atoms with Gasteiger partial charge in [-0.1, -0.05) is 12.1 Å². The van der Waals surface area contributed by atoms with Crippen molar-refractivity contribution in [3.05, 3.63) is 53.9 Å². The number of pyridine rings is 1. The summed E-state index contributed by atoms with van der Waals surface area (Å²) < 4.78 is 14.7. The van der Waals surface area contributed by atoms with Gasteiger partial charge in [0, 0.05) is 25.5 Å². The van der Waals surface area contributed by atoms with Gasteiger partial charge in [0.15, 0.2) is 0 Å². The third-order valence-electron chi connectivity index (χ3n) is 4.40. The second-order valence-electron chi connectivity index (χ2n) is 6.26. The number of likely N-dealkylation sites (tertiary alicyclic amines) is 1. The first kappa shape index (κ1) is 15.6. The fourth-order valence-corrected chi connectivity index (χ4v) is 3.69. The summed E-state index contributed by atoms with van der Waals surface area (Å²) in [6.07, 6.45) is 6.27. The van der Waals surface area contributed by atoms with Crippen molar-refractivity contribution in [2.24, 2.45) is 0 Å². The van der Waals surface area contributed by atoms with E-state index in [0.717, 1.165) is 42.7 Å². The zero-order valence-electron chi connectivity index (χ0n) is 13.5. The molecule has 0 aliphatic carbocycles. The summed E-state index contributed by atoms with van der Waals surface area (Å²) in [6.45, 7) is 3.69. The smallest absolute Gasteiger partial charge is 0.105 e. The zero-order chi connectivity index (χ0) is 16.2. The summed E-state index contributed by atoms with van der Waals surface area (Å²) in [7, 11) is 0. The fraction of sp³-hybridized carbons (Fsp3) is 0.389. The molecule has 0 unspecified atom stereocenters. The van der Waals surface area contributed by atoms with E-state index in [1.165, 1.54) is 23.7 Å². The van der Waals surface area contributed by atoms with Gasteiger partial charge in [0.1, 0.15) is 11.0 Å². The van der Waals surface area contributed by atoms with E-state index in [1.807, 2.05) is 12.3 Å². The highest BCUT2D eigenvalue weighted by molar-refractivity contribution is 7.00. The van der Waals surface area contributed by atoms with Crippen molar-refractivity contribution in [1.82, 2.24) is 18.6 Å².